The van der Waals surface area contributed by atoms with Gasteiger partial charge in [0.2, 0.25) is 11.9 Å². The van der Waals surface area contributed by atoms with Crippen molar-refractivity contribution in [2.45, 2.75) is 0 Å². The number of aromatic nitrogens is 3. The summed E-state index contributed by atoms with van der Waals surface area (Å²) in [4.78, 5) is 37.7. The first-order valence-corrected chi connectivity index (χ1v) is 11.8. The summed E-state index contributed by atoms with van der Waals surface area (Å²) in [5.41, 5.74) is 1.97. The number of nitrogens with one attached hydrogen (secondary N) is 2. The average Bonchev–Trinajstić information content (AvgIpc) is 2.91. The monoisotopic (exact) mass is 499 g/mol. The third-order valence-corrected chi connectivity index (χ3v) is 6.31. The van der Waals surface area contributed by atoms with Crippen molar-refractivity contribution in [2.24, 2.45) is 0 Å². The Morgan fingerprint density at radius 3 is 2.57 bits per heavy atom. The maximum atomic E-state index is 15.3. The molecule has 9 nitrogen and oxygen atoms in total. The highest BCUT2D eigenvalue weighted by atomic mass is 19.1. The third kappa shape index (κ3) is 5.05. The standard InChI is InChI=1S/C27H26FN7O2/c1-3-24(37)31-21-5-4-6-22(25(21)28)35-12-11-23(36)20-17-29-27(32-26(20)35)30-18-7-9-19(10-8-18)34-15-13-33(2)14-16-34/h3-12,17H,1,13-16H2,2H3,(H,31,37)(H,29,30,32). The van der Waals surface area contributed by atoms with Gasteiger partial charge in [0, 0.05) is 56.0 Å². The zero-order valence-corrected chi connectivity index (χ0v) is 20.3. The van der Waals surface area contributed by atoms with E-state index in [2.05, 4.69) is 44.0 Å². The summed E-state index contributed by atoms with van der Waals surface area (Å²) in [5.74, 6) is -0.945. The number of carbonyl (C=O) groups is 1. The van der Waals surface area contributed by atoms with E-state index in [9.17, 15) is 9.59 Å². The van der Waals surface area contributed by atoms with Crippen molar-refractivity contribution >= 4 is 40.0 Å². The van der Waals surface area contributed by atoms with E-state index in [0.717, 1.165) is 43.6 Å². The minimum atomic E-state index is -0.671. The highest BCUT2D eigenvalue weighted by Crippen LogP contribution is 2.25. The number of rotatable bonds is 6. The molecule has 2 aromatic carbocycles. The Morgan fingerprint density at radius 2 is 1.84 bits per heavy atom. The number of nitrogens with zero attached hydrogens (tertiary/aromatic N) is 5. The highest BCUT2D eigenvalue weighted by molar-refractivity contribution is 5.99. The Hall–Kier alpha value is -4.57. The second kappa shape index (κ2) is 10.2. The molecule has 0 atom stereocenters. The number of benzene rings is 2. The van der Waals surface area contributed by atoms with E-state index in [1.165, 1.54) is 35.2 Å². The molecule has 5 rings (SSSR count). The van der Waals surface area contributed by atoms with Crippen LogP contribution in [0.4, 0.5) is 27.4 Å². The van der Waals surface area contributed by atoms with Gasteiger partial charge in [-0.1, -0.05) is 12.6 Å². The lowest BCUT2D eigenvalue weighted by atomic mass is 10.2. The molecule has 1 aliphatic heterocycles. The Morgan fingerprint density at radius 1 is 1.08 bits per heavy atom. The van der Waals surface area contributed by atoms with E-state index in [-0.39, 0.29) is 33.8 Å². The predicted octanol–water partition coefficient (Wildman–Crippen LogP) is 3.54. The Kier molecular flexibility index (Phi) is 6.65. The molecule has 2 N–H and O–H groups in total. The van der Waals surface area contributed by atoms with Gasteiger partial charge < -0.3 is 20.4 Å². The number of likely N-dealkylation sites (N-methyl/N-ethyl adjacent to an activating group) is 1. The number of hydrogen-bond donors (Lipinski definition) is 2. The van der Waals surface area contributed by atoms with Gasteiger partial charge in [-0.05, 0) is 49.5 Å². The van der Waals surface area contributed by atoms with E-state index < -0.39 is 11.7 Å². The SMILES string of the molecule is C=CC(=O)Nc1cccc(-n2ccc(=O)c3cnc(Nc4ccc(N5CCN(C)CC5)cc4)nc32)c1F. The molecule has 1 saturated heterocycles. The normalized spacial score (nSPS) is 13.9. The number of amides is 1. The van der Waals surface area contributed by atoms with Gasteiger partial charge in [-0.2, -0.15) is 4.98 Å². The fraction of sp³-hybridized carbons (Fsp3) is 0.185. The molecule has 0 unspecified atom stereocenters. The van der Waals surface area contributed by atoms with Crippen LogP contribution in [0.25, 0.3) is 16.7 Å². The van der Waals surface area contributed by atoms with E-state index in [1.807, 2.05) is 24.3 Å². The van der Waals surface area contributed by atoms with Crippen LogP contribution in [-0.4, -0.2) is 58.6 Å². The third-order valence-electron chi connectivity index (χ3n) is 6.31. The largest absolute Gasteiger partial charge is 0.369 e. The summed E-state index contributed by atoms with van der Waals surface area (Å²) in [6.07, 6.45) is 3.93. The molecule has 4 aromatic rings. The smallest absolute Gasteiger partial charge is 0.247 e. The van der Waals surface area contributed by atoms with Gasteiger partial charge in [-0.3, -0.25) is 14.2 Å². The summed E-state index contributed by atoms with van der Waals surface area (Å²) in [5, 5.41) is 5.85. The lowest BCUT2D eigenvalue weighted by molar-refractivity contribution is -0.111. The molecule has 1 fully saturated rings. The van der Waals surface area contributed by atoms with Crippen LogP contribution in [-0.2, 0) is 4.79 Å². The molecule has 0 bridgehead atoms. The van der Waals surface area contributed by atoms with Crippen LogP contribution < -0.4 is 21.0 Å². The molecule has 2 aromatic heterocycles. The van der Waals surface area contributed by atoms with Crippen molar-refractivity contribution in [1.82, 2.24) is 19.4 Å². The van der Waals surface area contributed by atoms with Gasteiger partial charge >= 0.3 is 0 Å². The topological polar surface area (TPSA) is 95.4 Å². The molecule has 0 aliphatic carbocycles. The second-order valence-electron chi connectivity index (χ2n) is 8.78. The van der Waals surface area contributed by atoms with E-state index in [0.29, 0.717) is 0 Å². The maximum Gasteiger partial charge on any atom is 0.247 e. The first kappa shape index (κ1) is 24.1. The first-order chi connectivity index (χ1) is 17.9. The zero-order valence-electron chi connectivity index (χ0n) is 20.3. The van der Waals surface area contributed by atoms with E-state index in [1.54, 1.807) is 6.07 Å². The van der Waals surface area contributed by atoms with Crippen LogP contribution in [0.2, 0.25) is 0 Å². The summed E-state index contributed by atoms with van der Waals surface area (Å²) in [6, 6.07) is 13.9. The molecule has 1 aliphatic rings. The fourth-order valence-corrected chi connectivity index (χ4v) is 4.22. The van der Waals surface area contributed by atoms with Crippen LogP contribution in [0.3, 0.4) is 0 Å². The summed E-state index contributed by atoms with van der Waals surface area (Å²) in [6.45, 7) is 7.39. The van der Waals surface area contributed by atoms with Crippen LogP contribution in [0.5, 0.6) is 0 Å². The molecule has 0 radical (unpaired) electrons. The molecular weight excluding hydrogens is 473 g/mol. The number of hydrogen-bond acceptors (Lipinski definition) is 7. The number of pyridine rings is 1. The average molecular weight is 500 g/mol. The van der Waals surface area contributed by atoms with Crippen molar-refractivity contribution < 1.29 is 9.18 Å². The lowest BCUT2D eigenvalue weighted by Gasteiger charge is -2.34. The molecule has 10 heteroatoms. The number of halogens is 1. The zero-order chi connectivity index (χ0) is 25.9. The molecule has 188 valence electrons. The molecule has 37 heavy (non-hydrogen) atoms. The fourth-order valence-electron chi connectivity index (χ4n) is 4.22. The Balaban J connectivity index is 1.46. The van der Waals surface area contributed by atoms with Gasteiger partial charge in [0.05, 0.1) is 16.8 Å². The van der Waals surface area contributed by atoms with Gasteiger partial charge in [0.25, 0.3) is 0 Å². The van der Waals surface area contributed by atoms with Gasteiger partial charge in [-0.15, -0.1) is 0 Å². The number of piperazine rings is 1. The van der Waals surface area contributed by atoms with Crippen LogP contribution >= 0.6 is 0 Å². The summed E-state index contributed by atoms with van der Waals surface area (Å²) >= 11 is 0. The van der Waals surface area contributed by atoms with Gasteiger partial charge in [-0.25, -0.2) is 9.37 Å². The first-order valence-electron chi connectivity index (χ1n) is 11.8. The lowest BCUT2D eigenvalue weighted by Crippen LogP contribution is -2.44. The number of carbonyl (C=O) groups excluding carboxylic acids is 1. The van der Waals surface area contributed by atoms with Crippen LogP contribution in [0.1, 0.15) is 0 Å². The van der Waals surface area contributed by atoms with E-state index in [4.69, 9.17) is 0 Å². The van der Waals surface area contributed by atoms with Crippen LogP contribution in [0, 0.1) is 5.82 Å². The highest BCUT2D eigenvalue weighted by Gasteiger charge is 2.16. The van der Waals surface area contributed by atoms with Gasteiger partial charge in [0.15, 0.2) is 16.9 Å². The molecule has 3 heterocycles. The van der Waals surface area contributed by atoms with Crippen LogP contribution in [0.15, 0.2) is 78.4 Å². The van der Waals surface area contributed by atoms with Crippen molar-refractivity contribution in [3.05, 3.63) is 89.6 Å². The maximum absolute atomic E-state index is 15.3. The number of anilines is 4. The minimum absolute atomic E-state index is 0.0119. The molecule has 0 spiro atoms. The van der Waals surface area contributed by atoms with Crippen molar-refractivity contribution in [2.75, 3.05) is 48.8 Å². The molecule has 0 saturated carbocycles. The Labute approximate surface area is 212 Å². The minimum Gasteiger partial charge on any atom is -0.369 e. The summed E-state index contributed by atoms with van der Waals surface area (Å²) < 4.78 is 16.8. The Bertz CT molecular complexity index is 1530. The van der Waals surface area contributed by atoms with E-state index >= 15 is 4.39 Å². The van der Waals surface area contributed by atoms with Gasteiger partial charge in [0.1, 0.15) is 0 Å². The van der Waals surface area contributed by atoms with Crippen molar-refractivity contribution in [3.63, 3.8) is 0 Å². The number of fused-ring (bicyclic) bond motifs is 1. The summed E-state index contributed by atoms with van der Waals surface area (Å²) in [7, 11) is 2.12. The quantitative estimate of drug-likeness (QED) is 0.392. The van der Waals surface area contributed by atoms with Crippen molar-refractivity contribution in [3.8, 4) is 5.69 Å². The molecule has 1 amide bonds. The van der Waals surface area contributed by atoms with Crippen molar-refractivity contribution in [1.29, 1.82) is 0 Å². The second-order valence-corrected chi connectivity index (χ2v) is 8.78. The predicted molar refractivity (Wildman–Crippen MR) is 143 cm³/mol. The molecular formula is C27H26FN7O2.